The number of nitrogens with zero attached hydrogens (tertiary/aromatic N) is 1. The maximum Gasteiger partial charge on any atom is 0.416 e. The van der Waals surface area contributed by atoms with Crippen LogP contribution in [-0.4, -0.2) is 10.9 Å². The average Bonchev–Trinajstić information content (AvgIpc) is 3.08. The highest BCUT2D eigenvalue weighted by atomic mass is 35.5. The van der Waals surface area contributed by atoms with Gasteiger partial charge in [0.1, 0.15) is 17.4 Å². The van der Waals surface area contributed by atoms with Crippen LogP contribution in [0.15, 0.2) is 53.9 Å². The van der Waals surface area contributed by atoms with Crippen molar-refractivity contribution in [1.82, 2.24) is 4.98 Å². The lowest BCUT2D eigenvalue weighted by atomic mass is 10.2. The Morgan fingerprint density at radius 2 is 1.79 bits per heavy atom. The van der Waals surface area contributed by atoms with Gasteiger partial charge in [0.25, 0.3) is 0 Å². The van der Waals surface area contributed by atoms with Gasteiger partial charge in [-0.2, -0.15) is 13.2 Å². The molecular formula is C19H14ClF3N2O2S. The zero-order valence-electron chi connectivity index (χ0n) is 14.3. The van der Waals surface area contributed by atoms with Crippen molar-refractivity contribution in [2.45, 2.75) is 19.2 Å². The molecule has 1 aromatic heterocycles. The van der Waals surface area contributed by atoms with E-state index in [2.05, 4.69) is 10.3 Å². The van der Waals surface area contributed by atoms with Gasteiger partial charge in [-0.05, 0) is 48.5 Å². The highest BCUT2D eigenvalue weighted by Gasteiger charge is 2.29. The Bertz CT molecular complexity index is 941. The van der Waals surface area contributed by atoms with Crippen LogP contribution in [-0.2, 0) is 24.0 Å². The molecule has 0 aliphatic rings. The van der Waals surface area contributed by atoms with Crippen molar-refractivity contribution < 1.29 is 22.7 Å². The van der Waals surface area contributed by atoms with Crippen LogP contribution in [0.2, 0.25) is 5.02 Å². The van der Waals surface area contributed by atoms with Crippen LogP contribution in [0.1, 0.15) is 16.3 Å². The van der Waals surface area contributed by atoms with Crippen LogP contribution in [0.25, 0.3) is 0 Å². The number of hydrogen-bond donors (Lipinski definition) is 1. The molecule has 0 atom stereocenters. The maximum atomic E-state index is 12.6. The third-order valence-electron chi connectivity index (χ3n) is 3.61. The number of alkyl halides is 3. The number of amides is 1. The zero-order valence-corrected chi connectivity index (χ0v) is 15.9. The summed E-state index contributed by atoms with van der Waals surface area (Å²) >= 11 is 7.17. The second-order valence-electron chi connectivity index (χ2n) is 5.78. The number of benzene rings is 2. The molecule has 0 radical (unpaired) electrons. The Hall–Kier alpha value is -2.58. The third-order valence-corrected chi connectivity index (χ3v) is 4.74. The number of carbonyl (C=O) groups excluding carboxylic acids is 1. The van der Waals surface area contributed by atoms with Gasteiger partial charge in [-0.25, -0.2) is 4.98 Å². The fourth-order valence-corrected chi connectivity index (χ4v) is 3.12. The van der Waals surface area contributed by atoms with E-state index in [1.807, 2.05) is 0 Å². The summed E-state index contributed by atoms with van der Waals surface area (Å²) in [4.78, 5) is 16.4. The standard InChI is InChI=1S/C19H14ClF3N2O2S/c20-13-3-7-16(8-4-13)27-10-18-25-15(11-28-18)9-17(26)24-14-5-1-12(2-6-14)19(21,22)23/h1-8,11H,9-10H2,(H,24,26). The maximum absolute atomic E-state index is 12.6. The number of hydrogen-bond acceptors (Lipinski definition) is 4. The van der Waals surface area contributed by atoms with Gasteiger partial charge in [-0.1, -0.05) is 11.6 Å². The second kappa shape index (κ2) is 8.62. The molecule has 0 bridgehead atoms. The highest BCUT2D eigenvalue weighted by molar-refractivity contribution is 7.09. The van der Waals surface area contributed by atoms with Gasteiger partial charge >= 0.3 is 6.18 Å². The molecule has 28 heavy (non-hydrogen) atoms. The normalized spacial score (nSPS) is 11.3. The fourth-order valence-electron chi connectivity index (χ4n) is 2.28. The van der Waals surface area contributed by atoms with Gasteiger partial charge in [0.15, 0.2) is 0 Å². The van der Waals surface area contributed by atoms with E-state index >= 15 is 0 Å². The smallest absolute Gasteiger partial charge is 0.416 e. The molecule has 3 aromatic rings. The predicted molar refractivity (Wildman–Crippen MR) is 102 cm³/mol. The first kappa shape index (κ1) is 20.2. The monoisotopic (exact) mass is 426 g/mol. The van der Waals surface area contributed by atoms with Crippen LogP contribution in [0.3, 0.4) is 0 Å². The molecule has 2 aromatic carbocycles. The van der Waals surface area contributed by atoms with E-state index in [1.165, 1.54) is 23.5 Å². The Kier molecular flexibility index (Phi) is 6.21. The van der Waals surface area contributed by atoms with Crippen molar-refractivity contribution in [3.63, 3.8) is 0 Å². The van der Waals surface area contributed by atoms with Crippen LogP contribution in [0, 0.1) is 0 Å². The molecule has 4 nitrogen and oxygen atoms in total. The molecule has 146 valence electrons. The van der Waals surface area contributed by atoms with Crippen LogP contribution in [0.5, 0.6) is 5.75 Å². The van der Waals surface area contributed by atoms with Gasteiger partial charge < -0.3 is 10.1 Å². The molecular weight excluding hydrogens is 413 g/mol. The summed E-state index contributed by atoms with van der Waals surface area (Å²) in [6.45, 7) is 0.257. The SMILES string of the molecule is O=C(Cc1csc(COc2ccc(Cl)cc2)n1)Nc1ccc(C(F)(F)F)cc1. The lowest BCUT2D eigenvalue weighted by molar-refractivity contribution is -0.137. The molecule has 0 aliphatic heterocycles. The number of thiazole rings is 1. The molecule has 3 rings (SSSR count). The molecule has 0 saturated heterocycles. The molecule has 9 heteroatoms. The minimum atomic E-state index is -4.41. The summed E-state index contributed by atoms with van der Waals surface area (Å²) in [7, 11) is 0. The number of halogens is 4. The predicted octanol–water partition coefficient (Wildman–Crippen LogP) is 5.58. The van der Waals surface area contributed by atoms with Crippen molar-refractivity contribution >= 4 is 34.5 Å². The summed E-state index contributed by atoms with van der Waals surface area (Å²) in [6, 6.07) is 11.2. The van der Waals surface area contributed by atoms with Gasteiger partial charge in [-0.3, -0.25) is 4.79 Å². The largest absolute Gasteiger partial charge is 0.486 e. The summed E-state index contributed by atoms with van der Waals surface area (Å²) < 4.78 is 43.2. The van der Waals surface area contributed by atoms with E-state index in [4.69, 9.17) is 16.3 Å². The van der Waals surface area contributed by atoms with E-state index in [0.717, 1.165) is 12.1 Å². The Morgan fingerprint density at radius 1 is 1.11 bits per heavy atom. The third kappa shape index (κ3) is 5.71. The van der Waals surface area contributed by atoms with Crippen molar-refractivity contribution in [1.29, 1.82) is 0 Å². The molecule has 0 unspecified atom stereocenters. The fraction of sp³-hybridized carbons (Fsp3) is 0.158. The molecule has 1 amide bonds. The molecule has 0 saturated carbocycles. The number of aromatic nitrogens is 1. The van der Waals surface area contributed by atoms with E-state index in [-0.39, 0.29) is 18.9 Å². The zero-order chi connectivity index (χ0) is 20.1. The molecule has 0 fully saturated rings. The van der Waals surface area contributed by atoms with E-state index < -0.39 is 11.7 Å². The summed E-state index contributed by atoms with van der Waals surface area (Å²) in [6.07, 6.45) is -4.40. The van der Waals surface area contributed by atoms with Gasteiger partial charge in [0.2, 0.25) is 5.91 Å². The highest BCUT2D eigenvalue weighted by Crippen LogP contribution is 2.29. The first-order valence-electron chi connectivity index (χ1n) is 8.08. The van der Waals surface area contributed by atoms with Crippen molar-refractivity contribution in [3.05, 3.63) is 75.2 Å². The molecule has 1 heterocycles. The van der Waals surface area contributed by atoms with Gasteiger partial charge in [0.05, 0.1) is 17.7 Å². The second-order valence-corrected chi connectivity index (χ2v) is 7.15. The summed E-state index contributed by atoms with van der Waals surface area (Å²) in [5.74, 6) is 0.288. The lowest BCUT2D eigenvalue weighted by Gasteiger charge is -2.08. The molecule has 0 spiro atoms. The topological polar surface area (TPSA) is 51.2 Å². The number of rotatable bonds is 6. The summed E-state index contributed by atoms with van der Waals surface area (Å²) in [5.41, 5.74) is 0.0824. The lowest BCUT2D eigenvalue weighted by Crippen LogP contribution is -2.15. The molecule has 0 aliphatic carbocycles. The van der Waals surface area contributed by atoms with Crippen LogP contribution >= 0.6 is 22.9 Å². The van der Waals surface area contributed by atoms with Gasteiger partial charge in [-0.15, -0.1) is 11.3 Å². The first-order valence-corrected chi connectivity index (χ1v) is 9.34. The van der Waals surface area contributed by atoms with Gasteiger partial charge in [0, 0.05) is 16.1 Å². The minimum absolute atomic E-state index is 0.0124. The number of anilines is 1. The van der Waals surface area contributed by atoms with E-state index in [0.29, 0.717) is 27.2 Å². The minimum Gasteiger partial charge on any atom is -0.486 e. The number of nitrogens with one attached hydrogen (secondary N) is 1. The van der Waals surface area contributed by atoms with Crippen molar-refractivity contribution in [2.24, 2.45) is 0 Å². The van der Waals surface area contributed by atoms with Crippen molar-refractivity contribution in [2.75, 3.05) is 5.32 Å². The number of ether oxygens (including phenoxy) is 1. The van der Waals surface area contributed by atoms with Crippen LogP contribution < -0.4 is 10.1 Å². The van der Waals surface area contributed by atoms with E-state index in [1.54, 1.807) is 29.6 Å². The first-order chi connectivity index (χ1) is 13.3. The average molecular weight is 427 g/mol. The summed E-state index contributed by atoms with van der Waals surface area (Å²) in [5, 5.41) is 5.61. The Labute approximate surface area is 167 Å². The van der Waals surface area contributed by atoms with E-state index in [9.17, 15) is 18.0 Å². The molecule has 1 N–H and O–H groups in total. The quantitative estimate of drug-likeness (QED) is 0.560. The Morgan fingerprint density at radius 3 is 2.43 bits per heavy atom. The Balaban J connectivity index is 1.51. The van der Waals surface area contributed by atoms with Crippen LogP contribution in [0.4, 0.5) is 18.9 Å². The number of carbonyl (C=O) groups is 1. The van der Waals surface area contributed by atoms with Crippen molar-refractivity contribution in [3.8, 4) is 5.75 Å².